The molecule has 4 aromatic rings. The zero-order chi connectivity index (χ0) is 21.4. The van der Waals surface area contributed by atoms with Crippen LogP contribution >= 0.6 is 0 Å². The zero-order valence-corrected chi connectivity index (χ0v) is 17.0. The van der Waals surface area contributed by atoms with E-state index in [1.165, 1.54) is 5.57 Å². The molecular formula is C25H21N5O. The van der Waals surface area contributed by atoms with Crippen LogP contribution in [0.5, 0.6) is 0 Å². The number of fused-ring (bicyclic) bond motifs is 1. The van der Waals surface area contributed by atoms with Crippen molar-refractivity contribution in [3.8, 4) is 11.3 Å². The van der Waals surface area contributed by atoms with E-state index in [2.05, 4.69) is 34.0 Å². The topological polar surface area (TPSA) is 105 Å². The second kappa shape index (κ2) is 7.57. The van der Waals surface area contributed by atoms with Crippen LogP contribution in [0.2, 0.25) is 0 Å². The Morgan fingerprint density at radius 1 is 1.16 bits per heavy atom. The fraction of sp³-hybridized carbons (Fsp3) is 0.0800. The van der Waals surface area contributed by atoms with Crippen LogP contribution in [-0.4, -0.2) is 20.7 Å². The Morgan fingerprint density at radius 2 is 2.06 bits per heavy atom. The second-order valence-corrected chi connectivity index (χ2v) is 7.61. The first-order valence-corrected chi connectivity index (χ1v) is 9.98. The van der Waals surface area contributed by atoms with Gasteiger partial charge >= 0.3 is 0 Å². The molecule has 5 rings (SSSR count). The molecule has 0 radical (unpaired) electrons. The number of nitrogens with one attached hydrogen (secondary N) is 2. The SMILES string of the molecule is CC1=CC=C(c2ccoc2)c2cc(C(=N)c3nc(-c4cccnc4)ccc3N)[nH]c2C1. The molecule has 152 valence electrons. The maximum absolute atomic E-state index is 8.85. The molecule has 6 nitrogen and oxygen atoms in total. The standard InChI is InChI=1S/C25H21N5O/c1-15-4-5-18(17-8-10-31-14-17)19-12-23(29-22(19)11-15)24(27)25-20(26)6-7-21(30-25)16-3-2-9-28-13-16/h2-10,12-14,27,29H,11,26H2,1H3. The number of nitrogen functional groups attached to an aromatic ring is 1. The molecule has 4 heterocycles. The van der Waals surface area contributed by atoms with Gasteiger partial charge in [0.25, 0.3) is 0 Å². The average Bonchev–Trinajstić information content (AvgIpc) is 3.43. The maximum atomic E-state index is 8.85. The fourth-order valence-electron chi connectivity index (χ4n) is 3.81. The zero-order valence-electron chi connectivity index (χ0n) is 17.0. The molecule has 0 fully saturated rings. The summed E-state index contributed by atoms with van der Waals surface area (Å²) in [6, 6.07) is 11.4. The highest BCUT2D eigenvalue weighted by atomic mass is 16.3. The molecule has 4 aromatic heterocycles. The normalized spacial score (nSPS) is 13.2. The summed E-state index contributed by atoms with van der Waals surface area (Å²) in [5.41, 5.74) is 15.1. The minimum absolute atomic E-state index is 0.254. The van der Waals surface area contributed by atoms with E-state index < -0.39 is 0 Å². The van der Waals surface area contributed by atoms with Crippen molar-refractivity contribution in [1.82, 2.24) is 15.0 Å². The van der Waals surface area contributed by atoms with Gasteiger partial charge in [-0.1, -0.05) is 17.7 Å². The summed E-state index contributed by atoms with van der Waals surface area (Å²) in [5, 5.41) is 8.85. The lowest BCUT2D eigenvalue weighted by molar-refractivity contribution is 0.566. The quantitative estimate of drug-likeness (QED) is 0.414. The smallest absolute Gasteiger partial charge is 0.114 e. The van der Waals surface area contributed by atoms with Crippen LogP contribution in [-0.2, 0) is 6.42 Å². The summed E-state index contributed by atoms with van der Waals surface area (Å²) in [6.07, 6.45) is 11.9. The molecule has 1 aliphatic rings. The summed E-state index contributed by atoms with van der Waals surface area (Å²) in [5.74, 6) is 0. The van der Waals surface area contributed by atoms with Crippen molar-refractivity contribution < 1.29 is 4.42 Å². The molecule has 31 heavy (non-hydrogen) atoms. The van der Waals surface area contributed by atoms with E-state index in [1.54, 1.807) is 31.0 Å². The highest BCUT2D eigenvalue weighted by Crippen LogP contribution is 2.32. The van der Waals surface area contributed by atoms with Crippen molar-refractivity contribution in [1.29, 1.82) is 5.41 Å². The summed E-state index contributed by atoms with van der Waals surface area (Å²) >= 11 is 0. The van der Waals surface area contributed by atoms with Crippen LogP contribution < -0.4 is 5.73 Å². The van der Waals surface area contributed by atoms with Crippen molar-refractivity contribution in [2.75, 3.05) is 5.73 Å². The fourth-order valence-corrected chi connectivity index (χ4v) is 3.81. The third kappa shape index (κ3) is 3.48. The predicted octanol–water partition coefficient (Wildman–Crippen LogP) is 5.00. The van der Waals surface area contributed by atoms with E-state index in [4.69, 9.17) is 15.6 Å². The molecule has 0 aromatic carbocycles. The van der Waals surface area contributed by atoms with Crippen molar-refractivity contribution in [3.05, 3.63) is 107 Å². The van der Waals surface area contributed by atoms with Crippen molar-refractivity contribution in [2.24, 2.45) is 0 Å². The molecule has 0 saturated heterocycles. The van der Waals surface area contributed by atoms with Gasteiger partial charge in [0.2, 0.25) is 0 Å². The van der Waals surface area contributed by atoms with Crippen LogP contribution in [0.3, 0.4) is 0 Å². The Hall–Kier alpha value is -4.19. The number of allylic oxidation sites excluding steroid dienone is 3. The Kier molecular flexibility index (Phi) is 4.59. The van der Waals surface area contributed by atoms with Gasteiger partial charge in [-0.05, 0) is 48.9 Å². The van der Waals surface area contributed by atoms with Crippen molar-refractivity contribution >= 4 is 17.0 Å². The van der Waals surface area contributed by atoms with E-state index >= 15 is 0 Å². The number of hydrogen-bond donors (Lipinski definition) is 3. The van der Waals surface area contributed by atoms with Gasteiger partial charge in [0.05, 0.1) is 29.6 Å². The highest BCUT2D eigenvalue weighted by molar-refractivity contribution is 6.12. The van der Waals surface area contributed by atoms with E-state index in [0.29, 0.717) is 17.1 Å². The third-order valence-corrected chi connectivity index (χ3v) is 5.40. The molecule has 6 heteroatoms. The number of aromatic amines is 1. The molecule has 1 aliphatic carbocycles. The largest absolute Gasteiger partial charge is 0.472 e. The summed E-state index contributed by atoms with van der Waals surface area (Å²) in [6.45, 7) is 2.10. The maximum Gasteiger partial charge on any atom is 0.114 e. The minimum atomic E-state index is 0.254. The lowest BCUT2D eigenvalue weighted by Crippen LogP contribution is -2.09. The first-order valence-electron chi connectivity index (χ1n) is 9.98. The number of rotatable bonds is 4. The Labute approximate surface area is 179 Å². The lowest BCUT2D eigenvalue weighted by Gasteiger charge is -2.08. The Balaban J connectivity index is 1.57. The van der Waals surface area contributed by atoms with Gasteiger partial charge < -0.3 is 15.1 Å². The number of nitrogens with two attached hydrogens (primary N) is 1. The van der Waals surface area contributed by atoms with Crippen LogP contribution in [0.1, 0.15) is 35.1 Å². The molecule has 0 amide bonds. The number of furan rings is 1. The predicted molar refractivity (Wildman–Crippen MR) is 122 cm³/mol. The summed E-state index contributed by atoms with van der Waals surface area (Å²) in [4.78, 5) is 12.3. The number of nitrogens with zero attached hydrogens (tertiary/aromatic N) is 2. The molecule has 0 bridgehead atoms. The highest BCUT2D eigenvalue weighted by Gasteiger charge is 2.21. The average molecular weight is 407 g/mol. The minimum Gasteiger partial charge on any atom is -0.472 e. The number of aromatic nitrogens is 3. The van der Waals surface area contributed by atoms with Gasteiger partial charge in [0.15, 0.2) is 0 Å². The Morgan fingerprint density at radius 3 is 2.84 bits per heavy atom. The van der Waals surface area contributed by atoms with Crippen LogP contribution in [0, 0.1) is 5.41 Å². The first kappa shape index (κ1) is 18.8. The number of H-pyrrole nitrogens is 1. The van der Waals surface area contributed by atoms with Crippen molar-refractivity contribution in [2.45, 2.75) is 13.3 Å². The molecule has 0 aliphatic heterocycles. The summed E-state index contributed by atoms with van der Waals surface area (Å²) in [7, 11) is 0. The molecule has 0 spiro atoms. The van der Waals surface area contributed by atoms with Gasteiger partial charge in [0.1, 0.15) is 11.4 Å². The van der Waals surface area contributed by atoms with Gasteiger partial charge in [0, 0.05) is 41.2 Å². The van der Waals surface area contributed by atoms with Gasteiger partial charge in [-0.3, -0.25) is 10.4 Å². The molecule has 0 atom stereocenters. The van der Waals surface area contributed by atoms with Gasteiger partial charge in [-0.25, -0.2) is 4.98 Å². The molecule has 0 saturated carbocycles. The van der Waals surface area contributed by atoms with E-state index in [-0.39, 0.29) is 5.71 Å². The number of hydrogen-bond acceptors (Lipinski definition) is 5. The monoisotopic (exact) mass is 407 g/mol. The van der Waals surface area contributed by atoms with E-state index in [0.717, 1.165) is 40.1 Å². The second-order valence-electron chi connectivity index (χ2n) is 7.61. The van der Waals surface area contributed by atoms with Crippen LogP contribution in [0.15, 0.2) is 83.5 Å². The van der Waals surface area contributed by atoms with Crippen LogP contribution in [0.4, 0.5) is 5.69 Å². The Bertz CT molecular complexity index is 1330. The summed E-state index contributed by atoms with van der Waals surface area (Å²) < 4.78 is 5.30. The van der Waals surface area contributed by atoms with E-state index in [9.17, 15) is 0 Å². The third-order valence-electron chi connectivity index (χ3n) is 5.40. The van der Waals surface area contributed by atoms with Crippen molar-refractivity contribution in [3.63, 3.8) is 0 Å². The van der Waals surface area contributed by atoms with Gasteiger partial charge in [-0.2, -0.15) is 0 Å². The molecular weight excluding hydrogens is 386 g/mol. The van der Waals surface area contributed by atoms with E-state index in [1.807, 2.05) is 30.3 Å². The lowest BCUT2D eigenvalue weighted by atomic mass is 9.99. The molecule has 0 unspecified atom stereocenters. The molecule has 4 N–H and O–H groups in total. The number of pyridine rings is 2. The first-order chi connectivity index (χ1) is 15.1. The number of anilines is 1. The van der Waals surface area contributed by atoms with Crippen LogP contribution in [0.25, 0.3) is 16.8 Å². The van der Waals surface area contributed by atoms with Gasteiger partial charge in [-0.15, -0.1) is 0 Å².